The van der Waals surface area contributed by atoms with Gasteiger partial charge in [0.2, 0.25) is 0 Å². The number of ether oxygens (including phenoxy) is 1. The number of hydrogen-bond donors (Lipinski definition) is 2. The van der Waals surface area contributed by atoms with Crippen LogP contribution in [0.4, 0.5) is 0 Å². The first-order chi connectivity index (χ1) is 13.2. The summed E-state index contributed by atoms with van der Waals surface area (Å²) in [5, 5.41) is 11.4. The van der Waals surface area contributed by atoms with E-state index < -0.39 is 0 Å². The van der Waals surface area contributed by atoms with Gasteiger partial charge in [-0.15, -0.1) is 24.0 Å². The molecule has 0 bridgehead atoms. The highest BCUT2D eigenvalue weighted by Crippen LogP contribution is 2.17. The second-order valence-electron chi connectivity index (χ2n) is 6.76. The molecule has 0 spiro atoms. The van der Waals surface area contributed by atoms with Crippen LogP contribution in [0.3, 0.4) is 0 Å². The molecule has 0 fully saturated rings. The van der Waals surface area contributed by atoms with E-state index in [4.69, 9.17) is 4.74 Å². The molecule has 6 nitrogen and oxygen atoms in total. The third-order valence-electron chi connectivity index (χ3n) is 4.70. The van der Waals surface area contributed by atoms with Crippen molar-refractivity contribution in [1.29, 1.82) is 0 Å². The van der Waals surface area contributed by atoms with Gasteiger partial charge in [0.15, 0.2) is 5.96 Å². The second-order valence-corrected chi connectivity index (χ2v) is 6.76. The molecule has 0 amide bonds. The van der Waals surface area contributed by atoms with Gasteiger partial charge in [0.05, 0.1) is 24.6 Å². The third kappa shape index (κ3) is 6.07. The number of para-hydroxylation sites is 1. The highest BCUT2D eigenvalue weighted by Gasteiger charge is 2.09. The third-order valence-corrected chi connectivity index (χ3v) is 4.70. The number of aromatic nitrogens is 2. The summed E-state index contributed by atoms with van der Waals surface area (Å²) >= 11 is 0. The highest BCUT2D eigenvalue weighted by molar-refractivity contribution is 14.0. The van der Waals surface area contributed by atoms with Gasteiger partial charge in [-0.05, 0) is 44.4 Å². The maximum Gasteiger partial charge on any atom is 0.191 e. The zero-order valence-corrected chi connectivity index (χ0v) is 19.2. The summed E-state index contributed by atoms with van der Waals surface area (Å²) in [5.74, 6) is 0.811. The van der Waals surface area contributed by atoms with Crippen molar-refractivity contribution in [3.8, 4) is 5.69 Å². The van der Waals surface area contributed by atoms with Crippen molar-refractivity contribution in [3.63, 3.8) is 0 Å². The monoisotopic (exact) mass is 495 g/mol. The predicted molar refractivity (Wildman–Crippen MR) is 125 cm³/mol. The molecule has 0 saturated carbocycles. The maximum absolute atomic E-state index is 5.35. The Bertz CT molecular complexity index is 828. The van der Waals surface area contributed by atoms with Crippen LogP contribution in [0.25, 0.3) is 5.69 Å². The molecule has 7 heteroatoms. The number of nitrogens with zero attached hydrogens (tertiary/aromatic N) is 3. The van der Waals surface area contributed by atoms with Crippen molar-refractivity contribution < 1.29 is 4.74 Å². The molecular formula is C21H30IN5O. The Hall–Kier alpha value is -1.87. The number of rotatable bonds is 6. The number of guanidine groups is 1. The minimum Gasteiger partial charge on any atom is -0.377 e. The van der Waals surface area contributed by atoms with E-state index in [1.54, 1.807) is 7.05 Å². The maximum atomic E-state index is 5.35. The minimum absolute atomic E-state index is 0. The molecule has 152 valence electrons. The van der Waals surface area contributed by atoms with Gasteiger partial charge in [-0.1, -0.05) is 29.8 Å². The molecule has 3 rings (SSSR count). The van der Waals surface area contributed by atoms with E-state index in [0.717, 1.165) is 55.6 Å². The first-order valence-electron chi connectivity index (χ1n) is 9.49. The molecule has 0 atom stereocenters. The van der Waals surface area contributed by atoms with Crippen molar-refractivity contribution >= 4 is 29.9 Å². The molecule has 2 N–H and O–H groups in total. The van der Waals surface area contributed by atoms with Crippen LogP contribution >= 0.6 is 24.0 Å². The molecule has 0 aliphatic carbocycles. The Labute approximate surface area is 184 Å². The summed E-state index contributed by atoms with van der Waals surface area (Å²) in [6.45, 7) is 7.22. The van der Waals surface area contributed by atoms with Crippen molar-refractivity contribution in [2.45, 2.75) is 33.2 Å². The van der Waals surface area contributed by atoms with Crippen LogP contribution in [-0.4, -0.2) is 42.5 Å². The van der Waals surface area contributed by atoms with Gasteiger partial charge in [-0.3, -0.25) is 4.99 Å². The molecule has 2 heterocycles. The van der Waals surface area contributed by atoms with Gasteiger partial charge >= 0.3 is 0 Å². The summed E-state index contributed by atoms with van der Waals surface area (Å²) in [6, 6.07) is 10.4. The van der Waals surface area contributed by atoms with Crippen LogP contribution in [-0.2, 0) is 11.3 Å². The van der Waals surface area contributed by atoms with Crippen LogP contribution in [0, 0.1) is 13.8 Å². The first-order valence-corrected chi connectivity index (χ1v) is 9.49. The van der Waals surface area contributed by atoms with Crippen molar-refractivity contribution in [2.24, 2.45) is 4.99 Å². The molecule has 1 aliphatic heterocycles. The Kier molecular flexibility index (Phi) is 8.98. The van der Waals surface area contributed by atoms with Gasteiger partial charge < -0.3 is 15.4 Å². The smallest absolute Gasteiger partial charge is 0.191 e. The zero-order valence-electron chi connectivity index (χ0n) is 16.9. The molecule has 0 saturated heterocycles. The molecule has 2 aromatic rings. The Morgan fingerprint density at radius 3 is 2.75 bits per heavy atom. The van der Waals surface area contributed by atoms with E-state index in [9.17, 15) is 0 Å². The average Bonchev–Trinajstić information content (AvgIpc) is 3.03. The topological polar surface area (TPSA) is 63.5 Å². The number of hydrogen-bond acceptors (Lipinski definition) is 3. The van der Waals surface area contributed by atoms with Gasteiger partial charge in [0.1, 0.15) is 0 Å². The summed E-state index contributed by atoms with van der Waals surface area (Å²) in [6.07, 6.45) is 4.24. The fourth-order valence-electron chi connectivity index (χ4n) is 3.27. The van der Waals surface area contributed by atoms with Gasteiger partial charge in [-0.2, -0.15) is 5.10 Å². The number of nitrogens with one attached hydrogen (secondary N) is 2. The molecule has 1 aromatic carbocycles. The molecule has 28 heavy (non-hydrogen) atoms. The number of aliphatic imine (C=N–C) groups is 1. The van der Waals surface area contributed by atoms with Crippen LogP contribution < -0.4 is 10.6 Å². The molecule has 0 unspecified atom stereocenters. The fraction of sp³-hybridized carbons (Fsp3) is 0.429. The summed E-state index contributed by atoms with van der Waals surface area (Å²) < 4.78 is 7.35. The Balaban J connectivity index is 0.00000280. The highest BCUT2D eigenvalue weighted by atomic mass is 127. The van der Waals surface area contributed by atoms with Crippen molar-refractivity contribution in [1.82, 2.24) is 20.4 Å². The van der Waals surface area contributed by atoms with Gasteiger partial charge in [0.25, 0.3) is 0 Å². The van der Waals surface area contributed by atoms with E-state index in [-0.39, 0.29) is 24.0 Å². The normalized spacial score (nSPS) is 14.2. The van der Waals surface area contributed by atoms with Crippen LogP contribution in [0.5, 0.6) is 0 Å². The fourth-order valence-corrected chi connectivity index (χ4v) is 3.27. The van der Waals surface area contributed by atoms with Crippen molar-refractivity contribution in [3.05, 3.63) is 58.9 Å². The van der Waals surface area contributed by atoms with Crippen molar-refractivity contribution in [2.75, 3.05) is 26.8 Å². The average molecular weight is 495 g/mol. The Morgan fingerprint density at radius 1 is 1.25 bits per heavy atom. The van der Waals surface area contributed by atoms with Gasteiger partial charge in [0, 0.05) is 25.8 Å². The van der Waals surface area contributed by atoms with Crippen LogP contribution in [0.2, 0.25) is 0 Å². The van der Waals surface area contributed by atoms with E-state index in [1.165, 1.54) is 11.1 Å². The Morgan fingerprint density at radius 2 is 2.07 bits per heavy atom. The van der Waals surface area contributed by atoms with Gasteiger partial charge in [-0.25, -0.2) is 4.68 Å². The zero-order chi connectivity index (χ0) is 19.1. The van der Waals surface area contributed by atoms with E-state index >= 15 is 0 Å². The lowest BCUT2D eigenvalue weighted by Gasteiger charge is -2.16. The van der Waals surface area contributed by atoms with E-state index in [0.29, 0.717) is 6.54 Å². The lowest BCUT2D eigenvalue weighted by atomic mass is 10.1. The quantitative estimate of drug-likeness (QED) is 0.279. The largest absolute Gasteiger partial charge is 0.377 e. The summed E-state index contributed by atoms with van der Waals surface area (Å²) in [5.41, 5.74) is 5.89. The number of benzene rings is 1. The number of halogens is 1. The first kappa shape index (κ1) is 22.4. The minimum atomic E-state index is 0. The summed E-state index contributed by atoms with van der Waals surface area (Å²) in [7, 11) is 1.80. The summed E-state index contributed by atoms with van der Waals surface area (Å²) in [4.78, 5) is 4.34. The molecule has 1 aliphatic rings. The molecule has 0 radical (unpaired) electrons. The lowest BCUT2D eigenvalue weighted by molar-refractivity contribution is 0.153. The van der Waals surface area contributed by atoms with Crippen LogP contribution in [0.15, 0.2) is 47.0 Å². The molecule has 1 aromatic heterocycles. The number of aryl methyl sites for hydroxylation is 2. The SMILES string of the molecule is CN=C(NCCC1=CCOCC1)NCc1ccccc1-n1nc(C)cc1C.I. The second kappa shape index (κ2) is 11.2. The van der Waals surface area contributed by atoms with Crippen LogP contribution in [0.1, 0.15) is 29.8 Å². The lowest BCUT2D eigenvalue weighted by Crippen LogP contribution is -2.37. The van der Waals surface area contributed by atoms with E-state index in [1.807, 2.05) is 17.7 Å². The van der Waals surface area contributed by atoms with E-state index in [2.05, 4.69) is 58.0 Å². The predicted octanol–water partition coefficient (Wildman–Crippen LogP) is 3.51. The molecular weight excluding hydrogens is 465 g/mol. The standard InChI is InChI=1S/C21H29N5O.HI/c1-16-14-17(2)26(25-16)20-7-5-4-6-19(20)15-24-21(22-3)23-11-8-18-9-12-27-13-10-18;/h4-7,9,14H,8,10-13,15H2,1-3H3,(H2,22,23,24);1H.